The Morgan fingerprint density at radius 1 is 1.08 bits per heavy atom. The van der Waals surface area contributed by atoms with Gasteiger partial charge in [0.2, 0.25) is 0 Å². The highest BCUT2D eigenvalue weighted by atomic mass is 35.5. The first-order valence-corrected chi connectivity index (χ1v) is 13.0. The summed E-state index contributed by atoms with van der Waals surface area (Å²) in [6.45, 7) is 4.00. The van der Waals surface area contributed by atoms with Crippen molar-refractivity contribution in [3.05, 3.63) is 82.9 Å². The highest BCUT2D eigenvalue weighted by Gasteiger charge is 2.27. The summed E-state index contributed by atoms with van der Waals surface area (Å²) in [7, 11) is -2.63. The van der Waals surface area contributed by atoms with Gasteiger partial charge in [0.15, 0.2) is 0 Å². The highest BCUT2D eigenvalue weighted by molar-refractivity contribution is 7.92. The molecule has 0 atom stereocenters. The lowest BCUT2D eigenvalue weighted by molar-refractivity contribution is -0.119. The van der Waals surface area contributed by atoms with Crippen LogP contribution in [0.5, 0.6) is 11.5 Å². The Labute approximate surface area is 216 Å². The second-order valence-electron chi connectivity index (χ2n) is 7.85. The van der Waals surface area contributed by atoms with Gasteiger partial charge in [0.05, 0.1) is 35.5 Å². The third-order valence-electron chi connectivity index (χ3n) is 5.08. The Balaban J connectivity index is 1.79. The number of ether oxygens (including phenoxy) is 2. The van der Waals surface area contributed by atoms with Crippen LogP contribution < -0.4 is 19.2 Å². The minimum Gasteiger partial charge on any atom is -0.495 e. The fourth-order valence-electron chi connectivity index (χ4n) is 3.18. The molecule has 190 valence electrons. The van der Waals surface area contributed by atoms with Crippen molar-refractivity contribution in [3.8, 4) is 11.5 Å². The molecule has 0 saturated carbocycles. The largest absolute Gasteiger partial charge is 0.495 e. The predicted molar refractivity (Wildman–Crippen MR) is 142 cm³/mol. The number of aryl methyl sites for hydroxylation is 1. The molecule has 36 heavy (non-hydrogen) atoms. The number of halogens is 1. The number of anilines is 1. The third-order valence-corrected chi connectivity index (χ3v) is 7.16. The van der Waals surface area contributed by atoms with Crippen LogP contribution in [0, 0.1) is 6.92 Å². The van der Waals surface area contributed by atoms with Gasteiger partial charge in [0.1, 0.15) is 18.0 Å². The molecule has 0 unspecified atom stereocenters. The highest BCUT2D eigenvalue weighted by Crippen LogP contribution is 2.32. The molecule has 0 aliphatic carbocycles. The van der Waals surface area contributed by atoms with Gasteiger partial charge in [-0.3, -0.25) is 9.10 Å². The molecule has 10 heteroatoms. The van der Waals surface area contributed by atoms with E-state index in [0.29, 0.717) is 12.4 Å². The van der Waals surface area contributed by atoms with Crippen molar-refractivity contribution in [1.29, 1.82) is 0 Å². The van der Waals surface area contributed by atoms with Crippen molar-refractivity contribution in [1.82, 2.24) is 5.43 Å². The summed E-state index contributed by atoms with van der Waals surface area (Å²) in [6, 6.07) is 18.1. The maximum atomic E-state index is 13.5. The molecular weight excluding hydrogens is 502 g/mol. The smallest absolute Gasteiger partial charge is 0.264 e. The Morgan fingerprint density at radius 2 is 1.78 bits per heavy atom. The van der Waals surface area contributed by atoms with Crippen molar-refractivity contribution >= 4 is 39.4 Å². The predicted octanol–water partition coefficient (Wildman–Crippen LogP) is 4.79. The Morgan fingerprint density at radius 3 is 2.39 bits per heavy atom. The first-order valence-electron chi connectivity index (χ1n) is 11.2. The lowest BCUT2D eigenvalue weighted by atomic mass is 10.2. The van der Waals surface area contributed by atoms with Crippen LogP contribution in [-0.2, 0) is 14.8 Å². The summed E-state index contributed by atoms with van der Waals surface area (Å²) in [5.41, 5.74) is 4.25. The minimum atomic E-state index is -4.08. The summed E-state index contributed by atoms with van der Waals surface area (Å²) >= 11 is 6.24. The lowest BCUT2D eigenvalue weighted by Crippen LogP contribution is -2.39. The molecule has 0 heterocycles. The molecule has 0 radical (unpaired) electrons. The number of sulfonamides is 1. The van der Waals surface area contributed by atoms with E-state index >= 15 is 0 Å². The van der Waals surface area contributed by atoms with E-state index < -0.39 is 22.5 Å². The summed E-state index contributed by atoms with van der Waals surface area (Å²) < 4.78 is 38.6. The fraction of sp³-hybridized carbons (Fsp3) is 0.231. The van der Waals surface area contributed by atoms with Crippen molar-refractivity contribution in [2.75, 3.05) is 24.6 Å². The number of benzene rings is 3. The van der Waals surface area contributed by atoms with E-state index in [9.17, 15) is 13.2 Å². The number of amides is 1. The number of rotatable bonds is 11. The molecule has 0 spiro atoms. The first-order chi connectivity index (χ1) is 17.2. The number of hydrazone groups is 1. The van der Waals surface area contributed by atoms with E-state index in [-0.39, 0.29) is 15.6 Å². The molecule has 0 aromatic heterocycles. The number of hydrogen-bond donors (Lipinski definition) is 1. The maximum Gasteiger partial charge on any atom is 0.264 e. The van der Waals surface area contributed by atoms with Crippen LogP contribution in [0.4, 0.5) is 5.69 Å². The average Bonchev–Trinajstić information content (AvgIpc) is 2.87. The lowest BCUT2D eigenvalue weighted by Gasteiger charge is -2.24. The first kappa shape index (κ1) is 27.0. The monoisotopic (exact) mass is 529 g/mol. The third kappa shape index (κ3) is 6.99. The molecule has 8 nitrogen and oxygen atoms in total. The van der Waals surface area contributed by atoms with Crippen molar-refractivity contribution < 1.29 is 22.7 Å². The van der Waals surface area contributed by atoms with E-state index in [0.717, 1.165) is 27.6 Å². The van der Waals surface area contributed by atoms with Gasteiger partial charge in [0, 0.05) is 0 Å². The summed E-state index contributed by atoms with van der Waals surface area (Å²) in [5, 5.41) is 4.17. The Bertz CT molecular complexity index is 1310. The second-order valence-corrected chi connectivity index (χ2v) is 10.1. The molecule has 3 aromatic rings. The quantitative estimate of drug-likeness (QED) is 0.284. The van der Waals surface area contributed by atoms with Gasteiger partial charge in [-0.15, -0.1) is 0 Å². The summed E-state index contributed by atoms with van der Waals surface area (Å²) in [6.07, 6.45) is 2.37. The van der Waals surface area contributed by atoms with Crippen molar-refractivity contribution in [3.63, 3.8) is 0 Å². The van der Waals surface area contributed by atoms with E-state index in [4.69, 9.17) is 21.1 Å². The average molecular weight is 530 g/mol. The molecule has 0 aliphatic heterocycles. The molecule has 0 bridgehead atoms. The van der Waals surface area contributed by atoms with Gasteiger partial charge in [-0.25, -0.2) is 13.8 Å². The van der Waals surface area contributed by atoms with Gasteiger partial charge in [0.25, 0.3) is 15.9 Å². The van der Waals surface area contributed by atoms with Crippen molar-refractivity contribution in [2.24, 2.45) is 5.10 Å². The van der Waals surface area contributed by atoms with Crippen LogP contribution >= 0.6 is 11.6 Å². The number of nitrogens with zero attached hydrogens (tertiary/aromatic N) is 2. The van der Waals surface area contributed by atoms with Crippen LogP contribution in [-0.4, -0.2) is 40.8 Å². The van der Waals surface area contributed by atoms with E-state index in [1.54, 1.807) is 30.3 Å². The van der Waals surface area contributed by atoms with E-state index in [2.05, 4.69) is 10.5 Å². The van der Waals surface area contributed by atoms with E-state index in [1.165, 1.54) is 37.6 Å². The van der Waals surface area contributed by atoms with Gasteiger partial charge in [-0.2, -0.15) is 5.10 Å². The Hall–Kier alpha value is -3.56. The molecule has 0 fully saturated rings. The zero-order valence-corrected chi connectivity index (χ0v) is 21.8. The maximum absolute atomic E-state index is 13.5. The zero-order valence-electron chi connectivity index (χ0n) is 20.3. The van der Waals surface area contributed by atoms with Crippen LogP contribution in [0.25, 0.3) is 0 Å². The summed E-state index contributed by atoms with van der Waals surface area (Å²) in [4.78, 5) is 12.8. The fourth-order valence-corrected chi connectivity index (χ4v) is 4.84. The Kier molecular flexibility index (Phi) is 9.32. The minimum absolute atomic E-state index is 0.0433. The molecular formula is C26H28ClN3O5S. The number of nitrogens with one attached hydrogen (secondary N) is 1. The standard InChI is InChI=1S/C26H28ClN3O5S/c1-4-15-35-22-10-7-20(8-11-22)17-28-29-26(31)18-30(21-9-14-25(34-3)24(27)16-21)36(32,33)23-12-5-19(2)6-13-23/h5-14,16-17H,4,15,18H2,1-3H3,(H,29,31)/b28-17-. The molecule has 3 aromatic carbocycles. The SMILES string of the molecule is CCCOc1ccc(/C=N\NC(=O)CN(c2ccc(OC)c(Cl)c2)S(=O)(=O)c2ccc(C)cc2)cc1. The number of carbonyl (C=O) groups excluding carboxylic acids is 1. The zero-order chi connectivity index (χ0) is 26.1. The molecule has 1 N–H and O–H groups in total. The van der Waals surface area contributed by atoms with Gasteiger partial charge in [-0.05, 0) is 73.5 Å². The molecule has 3 rings (SSSR count). The number of methoxy groups -OCH3 is 1. The van der Waals surface area contributed by atoms with Crippen LogP contribution in [0.2, 0.25) is 5.02 Å². The van der Waals surface area contributed by atoms with Crippen LogP contribution in [0.1, 0.15) is 24.5 Å². The van der Waals surface area contributed by atoms with Crippen molar-refractivity contribution in [2.45, 2.75) is 25.2 Å². The van der Waals surface area contributed by atoms with Gasteiger partial charge >= 0.3 is 0 Å². The van der Waals surface area contributed by atoms with Crippen LogP contribution in [0.15, 0.2) is 76.7 Å². The summed E-state index contributed by atoms with van der Waals surface area (Å²) in [5.74, 6) is 0.498. The second kappa shape index (κ2) is 12.4. The van der Waals surface area contributed by atoms with Gasteiger partial charge in [-0.1, -0.05) is 36.2 Å². The van der Waals surface area contributed by atoms with Crippen LogP contribution in [0.3, 0.4) is 0 Å². The molecule has 1 amide bonds. The number of carbonyl (C=O) groups is 1. The normalized spacial score (nSPS) is 11.3. The molecule has 0 saturated heterocycles. The molecule has 0 aliphatic rings. The topological polar surface area (TPSA) is 97.3 Å². The van der Waals surface area contributed by atoms with E-state index in [1.807, 2.05) is 26.0 Å². The number of hydrogen-bond acceptors (Lipinski definition) is 6. The van der Waals surface area contributed by atoms with Gasteiger partial charge < -0.3 is 9.47 Å².